The number of methoxy groups -OCH3 is 1. The first kappa shape index (κ1) is 22.2. The van der Waals surface area contributed by atoms with Gasteiger partial charge < -0.3 is 14.2 Å². The average Bonchev–Trinajstić information content (AvgIpc) is 2.50. The van der Waals surface area contributed by atoms with Gasteiger partial charge in [0, 0.05) is 14.3 Å². The summed E-state index contributed by atoms with van der Waals surface area (Å²) in [6.45, 7) is 12.1. The van der Waals surface area contributed by atoms with E-state index in [2.05, 4.69) is 19.6 Å². The third kappa shape index (κ3) is 7.19. The zero-order valence-electron chi connectivity index (χ0n) is 16.8. The van der Waals surface area contributed by atoms with Crippen molar-refractivity contribution in [2.24, 2.45) is 5.92 Å². The molecule has 0 unspecified atom stereocenters. The molecule has 8 heteroatoms. The van der Waals surface area contributed by atoms with Gasteiger partial charge in [-0.25, -0.2) is 9.59 Å². The van der Waals surface area contributed by atoms with Crippen LogP contribution in [-0.2, 0) is 23.8 Å². The first-order valence-corrected chi connectivity index (χ1v) is 12.5. The van der Waals surface area contributed by atoms with Crippen LogP contribution in [0.2, 0.25) is 25.7 Å². The summed E-state index contributed by atoms with van der Waals surface area (Å²) < 4.78 is 15.5. The van der Waals surface area contributed by atoms with E-state index < -0.39 is 43.7 Å². The van der Waals surface area contributed by atoms with Crippen molar-refractivity contribution >= 4 is 26.1 Å². The first-order chi connectivity index (χ1) is 11.8. The number of esters is 2. The van der Waals surface area contributed by atoms with E-state index in [4.69, 9.17) is 14.2 Å². The summed E-state index contributed by atoms with van der Waals surface area (Å²) in [7, 11) is -0.0625. The Labute approximate surface area is 156 Å². The van der Waals surface area contributed by atoms with Gasteiger partial charge in [-0.1, -0.05) is 25.7 Å². The molecule has 0 aromatic carbocycles. The summed E-state index contributed by atoms with van der Waals surface area (Å²) in [5, 5.41) is 0. The number of hydrogen-bond acceptors (Lipinski definition) is 6. The highest BCUT2D eigenvalue weighted by molar-refractivity contribution is 6.76. The minimum Gasteiger partial charge on any atom is -0.469 e. The molecule has 7 nitrogen and oxygen atoms in total. The Morgan fingerprint density at radius 1 is 1.15 bits per heavy atom. The lowest BCUT2D eigenvalue weighted by molar-refractivity contribution is -0.151. The van der Waals surface area contributed by atoms with Crippen molar-refractivity contribution in [1.29, 1.82) is 0 Å². The van der Waals surface area contributed by atoms with Gasteiger partial charge in [0.25, 0.3) is 0 Å². The zero-order chi connectivity index (χ0) is 20.1. The fourth-order valence-electron chi connectivity index (χ4n) is 2.33. The highest BCUT2D eigenvalue weighted by Gasteiger charge is 2.39. The van der Waals surface area contributed by atoms with Crippen molar-refractivity contribution in [3.8, 4) is 0 Å². The molecule has 2 atom stereocenters. The molecular weight excluding hydrogens is 354 g/mol. The van der Waals surface area contributed by atoms with E-state index in [0.29, 0.717) is 6.61 Å². The monoisotopic (exact) mass is 385 g/mol. The van der Waals surface area contributed by atoms with Gasteiger partial charge in [-0.3, -0.25) is 9.69 Å². The van der Waals surface area contributed by atoms with Gasteiger partial charge >= 0.3 is 18.0 Å². The summed E-state index contributed by atoms with van der Waals surface area (Å²) in [6, 6.07) is -0.0886. The highest BCUT2D eigenvalue weighted by atomic mass is 28.3. The van der Waals surface area contributed by atoms with Crippen molar-refractivity contribution in [1.82, 2.24) is 4.90 Å². The molecule has 0 aliphatic carbocycles. The van der Waals surface area contributed by atoms with Crippen LogP contribution >= 0.6 is 0 Å². The van der Waals surface area contributed by atoms with E-state index in [1.165, 1.54) is 18.2 Å². The Bertz CT molecular complexity index is 561. The van der Waals surface area contributed by atoms with E-state index in [1.807, 2.05) is 0 Å². The summed E-state index contributed by atoms with van der Waals surface area (Å²) in [5.74, 6) is -1.59. The Kier molecular flexibility index (Phi) is 7.43. The molecule has 1 rings (SSSR count). The van der Waals surface area contributed by atoms with E-state index in [1.54, 1.807) is 26.8 Å². The van der Waals surface area contributed by atoms with Crippen LogP contribution in [-0.4, -0.2) is 56.4 Å². The Morgan fingerprint density at radius 3 is 2.27 bits per heavy atom. The van der Waals surface area contributed by atoms with Crippen molar-refractivity contribution in [3.05, 3.63) is 12.3 Å². The number of amides is 1. The van der Waals surface area contributed by atoms with Gasteiger partial charge in [-0.05, 0) is 33.2 Å². The third-order valence-electron chi connectivity index (χ3n) is 3.77. The SMILES string of the molecule is COC(=O)[C@@H]1C=CN(C(=O)OC(C)(C)C)[C@H](C(=O)OCC[Si](C)(C)C)C1. The summed E-state index contributed by atoms with van der Waals surface area (Å²) >= 11 is 0. The molecule has 0 N–H and O–H groups in total. The largest absolute Gasteiger partial charge is 0.469 e. The second-order valence-electron chi connectivity index (χ2n) is 8.59. The van der Waals surface area contributed by atoms with Crippen LogP contribution in [0.4, 0.5) is 4.79 Å². The maximum atomic E-state index is 12.6. The molecule has 0 saturated carbocycles. The van der Waals surface area contributed by atoms with Crippen molar-refractivity contribution in [2.75, 3.05) is 13.7 Å². The molecule has 1 aliphatic rings. The number of rotatable bonds is 5. The van der Waals surface area contributed by atoms with Gasteiger partial charge in [0.05, 0.1) is 19.6 Å². The Morgan fingerprint density at radius 2 is 1.77 bits per heavy atom. The quantitative estimate of drug-likeness (QED) is 0.411. The lowest BCUT2D eigenvalue weighted by Crippen LogP contribution is -2.48. The van der Waals surface area contributed by atoms with Gasteiger partial charge in [0.2, 0.25) is 0 Å². The van der Waals surface area contributed by atoms with E-state index >= 15 is 0 Å². The van der Waals surface area contributed by atoms with Gasteiger partial charge in [0.1, 0.15) is 11.6 Å². The lowest BCUT2D eigenvalue weighted by Gasteiger charge is -2.34. The van der Waals surface area contributed by atoms with Crippen LogP contribution in [0.1, 0.15) is 27.2 Å². The summed E-state index contributed by atoms with van der Waals surface area (Å²) in [5.41, 5.74) is -0.698. The molecule has 148 valence electrons. The molecule has 0 fully saturated rings. The number of carbonyl (C=O) groups excluding carboxylic acids is 3. The first-order valence-electron chi connectivity index (χ1n) is 8.78. The summed E-state index contributed by atoms with van der Waals surface area (Å²) in [6.07, 6.45) is 2.41. The van der Waals surface area contributed by atoms with Crippen molar-refractivity contribution in [3.63, 3.8) is 0 Å². The van der Waals surface area contributed by atoms with Crippen LogP contribution in [0.3, 0.4) is 0 Å². The fourth-order valence-corrected chi connectivity index (χ4v) is 3.04. The standard InChI is InChI=1S/C18H31NO6Si/c1-18(2,3)25-17(22)19-9-8-13(15(20)23-4)12-14(19)16(21)24-10-11-26(5,6)7/h8-9,13-14H,10-12H2,1-7H3/t13-,14+/m1/s1. The number of ether oxygens (including phenoxy) is 3. The van der Waals surface area contributed by atoms with Crippen LogP contribution in [0.15, 0.2) is 12.3 Å². The number of hydrogen-bond donors (Lipinski definition) is 0. The minimum absolute atomic E-state index is 0.105. The van der Waals surface area contributed by atoms with Crippen molar-refractivity contribution < 1.29 is 28.6 Å². The zero-order valence-corrected chi connectivity index (χ0v) is 17.8. The van der Waals surface area contributed by atoms with Crippen LogP contribution < -0.4 is 0 Å². The second kappa shape index (κ2) is 8.70. The van der Waals surface area contributed by atoms with E-state index in [0.717, 1.165) is 6.04 Å². The fraction of sp³-hybridized carbons (Fsp3) is 0.722. The molecule has 1 aliphatic heterocycles. The Balaban J connectivity index is 2.91. The molecule has 1 heterocycles. The number of nitrogens with zero attached hydrogens (tertiary/aromatic N) is 1. The maximum absolute atomic E-state index is 12.6. The third-order valence-corrected chi connectivity index (χ3v) is 5.47. The summed E-state index contributed by atoms with van der Waals surface area (Å²) in [4.78, 5) is 38.0. The van der Waals surface area contributed by atoms with Gasteiger partial charge in [-0.15, -0.1) is 0 Å². The van der Waals surface area contributed by atoms with Gasteiger partial charge in [-0.2, -0.15) is 0 Å². The molecule has 0 radical (unpaired) electrons. The molecular formula is C18H31NO6Si. The lowest BCUT2D eigenvalue weighted by atomic mass is 9.95. The molecule has 0 aromatic rings. The molecule has 26 heavy (non-hydrogen) atoms. The maximum Gasteiger partial charge on any atom is 0.415 e. The molecule has 0 aromatic heterocycles. The van der Waals surface area contributed by atoms with Crippen LogP contribution in [0, 0.1) is 5.92 Å². The topological polar surface area (TPSA) is 82.1 Å². The van der Waals surface area contributed by atoms with Crippen molar-refractivity contribution in [2.45, 2.75) is 64.5 Å². The molecule has 0 spiro atoms. The molecule has 1 amide bonds. The molecule has 0 saturated heterocycles. The van der Waals surface area contributed by atoms with Gasteiger partial charge in [0.15, 0.2) is 0 Å². The average molecular weight is 386 g/mol. The smallest absolute Gasteiger partial charge is 0.415 e. The molecule has 0 bridgehead atoms. The Hall–Kier alpha value is -1.83. The van der Waals surface area contributed by atoms with Crippen LogP contribution in [0.25, 0.3) is 0 Å². The predicted octanol–water partition coefficient (Wildman–Crippen LogP) is 3.18. The van der Waals surface area contributed by atoms with Crippen LogP contribution in [0.5, 0.6) is 0 Å². The van der Waals surface area contributed by atoms with E-state index in [9.17, 15) is 14.4 Å². The van der Waals surface area contributed by atoms with E-state index in [-0.39, 0.29) is 6.42 Å². The second-order valence-corrected chi connectivity index (χ2v) is 14.2. The highest BCUT2D eigenvalue weighted by Crippen LogP contribution is 2.25. The number of carbonyl (C=O) groups is 3. The normalized spacial score (nSPS) is 20.5. The minimum atomic E-state index is -1.35. The predicted molar refractivity (Wildman–Crippen MR) is 100 cm³/mol.